The molecular weight excluding hydrogens is 242 g/mol. The fraction of sp³-hybridized carbons (Fsp3) is 0.857. The lowest BCUT2D eigenvalue weighted by Gasteiger charge is -2.22. The van der Waals surface area contributed by atoms with Gasteiger partial charge in [0.1, 0.15) is 0 Å². The maximum absolute atomic E-state index is 11.7. The minimum Gasteiger partial charge on any atom is -0.353 e. The van der Waals surface area contributed by atoms with Gasteiger partial charge in [0.15, 0.2) is 0 Å². The van der Waals surface area contributed by atoms with Crippen LogP contribution in [0.15, 0.2) is 0 Å². The molecule has 0 heterocycles. The summed E-state index contributed by atoms with van der Waals surface area (Å²) in [5.74, 6) is 0.136. The first-order chi connectivity index (χ1) is 9.24. The molecule has 0 bridgehead atoms. The second-order valence-electron chi connectivity index (χ2n) is 5.67. The molecule has 0 saturated heterocycles. The Morgan fingerprint density at radius 3 is 2.16 bits per heavy atom. The largest absolute Gasteiger partial charge is 0.353 e. The molecular formula is C14H25N3O2. The van der Waals surface area contributed by atoms with Crippen LogP contribution >= 0.6 is 0 Å². The average molecular weight is 267 g/mol. The van der Waals surface area contributed by atoms with E-state index in [-0.39, 0.29) is 11.8 Å². The van der Waals surface area contributed by atoms with Crippen molar-refractivity contribution in [2.45, 2.75) is 63.5 Å². The molecule has 2 rings (SSSR count). The molecule has 0 spiro atoms. The molecule has 2 aliphatic carbocycles. The molecule has 0 unspecified atom stereocenters. The molecule has 108 valence electrons. The standard InChI is InChI=1S/C14H25N3O2/c18-13(16-12-6-7-12)8-9-15-10-14(19)17-11-4-2-1-3-5-11/h11-12,15H,1-10H2,(H,16,18)(H,17,19). The molecule has 0 aliphatic heterocycles. The third kappa shape index (κ3) is 6.05. The molecule has 3 N–H and O–H groups in total. The van der Waals surface area contributed by atoms with Crippen molar-refractivity contribution in [1.82, 2.24) is 16.0 Å². The highest BCUT2D eigenvalue weighted by Gasteiger charge is 2.22. The van der Waals surface area contributed by atoms with E-state index >= 15 is 0 Å². The van der Waals surface area contributed by atoms with Crippen LogP contribution in [-0.2, 0) is 9.59 Å². The van der Waals surface area contributed by atoms with Gasteiger partial charge in [-0.05, 0) is 25.7 Å². The molecule has 5 heteroatoms. The van der Waals surface area contributed by atoms with E-state index < -0.39 is 0 Å². The zero-order valence-corrected chi connectivity index (χ0v) is 11.5. The van der Waals surface area contributed by atoms with E-state index in [1.807, 2.05) is 0 Å². The third-order valence-electron chi connectivity index (χ3n) is 3.73. The van der Waals surface area contributed by atoms with Crippen molar-refractivity contribution >= 4 is 11.8 Å². The fourth-order valence-corrected chi connectivity index (χ4v) is 2.46. The molecule has 2 amide bonds. The van der Waals surface area contributed by atoms with Crippen LogP contribution in [0.5, 0.6) is 0 Å². The predicted octanol–water partition coefficient (Wildman–Crippen LogP) is 0.694. The van der Waals surface area contributed by atoms with Gasteiger partial charge < -0.3 is 16.0 Å². The van der Waals surface area contributed by atoms with Crippen LogP contribution in [-0.4, -0.2) is 37.0 Å². The smallest absolute Gasteiger partial charge is 0.234 e. The van der Waals surface area contributed by atoms with Gasteiger partial charge in [0.2, 0.25) is 11.8 Å². The van der Waals surface area contributed by atoms with E-state index in [4.69, 9.17) is 0 Å². The van der Waals surface area contributed by atoms with E-state index in [2.05, 4.69) is 16.0 Å². The summed E-state index contributed by atoms with van der Waals surface area (Å²) in [5.41, 5.74) is 0. The summed E-state index contributed by atoms with van der Waals surface area (Å²) in [4.78, 5) is 23.1. The summed E-state index contributed by atoms with van der Waals surface area (Å²) in [6, 6.07) is 0.781. The van der Waals surface area contributed by atoms with Crippen LogP contribution in [0.1, 0.15) is 51.4 Å². The van der Waals surface area contributed by atoms with Crippen molar-refractivity contribution in [3.8, 4) is 0 Å². The Morgan fingerprint density at radius 1 is 0.842 bits per heavy atom. The van der Waals surface area contributed by atoms with Crippen LogP contribution < -0.4 is 16.0 Å². The van der Waals surface area contributed by atoms with Crippen molar-refractivity contribution in [1.29, 1.82) is 0 Å². The zero-order chi connectivity index (χ0) is 13.5. The molecule has 0 aromatic carbocycles. The maximum atomic E-state index is 11.7. The SMILES string of the molecule is O=C(CCNCC(=O)NC1CCCCC1)NC1CC1. The van der Waals surface area contributed by atoms with Crippen molar-refractivity contribution in [3.63, 3.8) is 0 Å². The van der Waals surface area contributed by atoms with E-state index in [0.29, 0.717) is 31.6 Å². The van der Waals surface area contributed by atoms with Gasteiger partial charge in [-0.3, -0.25) is 9.59 Å². The predicted molar refractivity (Wildman–Crippen MR) is 73.7 cm³/mol. The summed E-state index contributed by atoms with van der Waals surface area (Å²) in [7, 11) is 0. The van der Waals surface area contributed by atoms with Crippen molar-refractivity contribution in [3.05, 3.63) is 0 Å². The van der Waals surface area contributed by atoms with Crippen molar-refractivity contribution in [2.75, 3.05) is 13.1 Å². The number of hydrogen-bond donors (Lipinski definition) is 3. The molecule has 19 heavy (non-hydrogen) atoms. The third-order valence-corrected chi connectivity index (χ3v) is 3.73. The highest BCUT2D eigenvalue weighted by molar-refractivity contribution is 5.79. The Kier molecular flexibility index (Phi) is 5.63. The minimum atomic E-state index is 0.0505. The first-order valence-electron chi connectivity index (χ1n) is 7.53. The molecule has 2 aliphatic rings. The Labute approximate surface area is 114 Å². The van der Waals surface area contributed by atoms with Crippen molar-refractivity contribution < 1.29 is 9.59 Å². The Morgan fingerprint density at radius 2 is 1.47 bits per heavy atom. The summed E-state index contributed by atoms with van der Waals surface area (Å²) in [6.07, 6.45) is 8.63. The Balaban J connectivity index is 1.47. The van der Waals surface area contributed by atoms with Crippen LogP contribution in [0, 0.1) is 0 Å². The normalized spacial score (nSPS) is 20.0. The van der Waals surface area contributed by atoms with Gasteiger partial charge in [-0.2, -0.15) is 0 Å². The summed E-state index contributed by atoms with van der Waals surface area (Å²) in [5, 5.41) is 9.00. The molecule has 5 nitrogen and oxygen atoms in total. The van der Waals surface area contributed by atoms with Crippen molar-refractivity contribution in [2.24, 2.45) is 0 Å². The van der Waals surface area contributed by atoms with E-state index in [1.165, 1.54) is 19.3 Å². The topological polar surface area (TPSA) is 70.2 Å². The Hall–Kier alpha value is -1.10. The molecule has 2 saturated carbocycles. The number of carbonyl (C=O) groups excluding carboxylic acids is 2. The molecule has 2 fully saturated rings. The highest BCUT2D eigenvalue weighted by atomic mass is 16.2. The summed E-state index contributed by atoms with van der Waals surface area (Å²) < 4.78 is 0. The molecule has 0 aromatic heterocycles. The number of carbonyl (C=O) groups is 2. The highest BCUT2D eigenvalue weighted by Crippen LogP contribution is 2.18. The summed E-state index contributed by atoms with van der Waals surface area (Å²) in [6.45, 7) is 0.879. The average Bonchev–Trinajstić information content (AvgIpc) is 3.20. The quantitative estimate of drug-likeness (QED) is 0.595. The lowest BCUT2D eigenvalue weighted by atomic mass is 9.95. The first kappa shape index (κ1) is 14.3. The van der Waals surface area contributed by atoms with E-state index in [0.717, 1.165) is 25.7 Å². The van der Waals surface area contributed by atoms with Crippen LogP contribution in [0.2, 0.25) is 0 Å². The number of nitrogens with one attached hydrogen (secondary N) is 3. The first-order valence-corrected chi connectivity index (χ1v) is 7.53. The monoisotopic (exact) mass is 267 g/mol. The van der Waals surface area contributed by atoms with E-state index in [9.17, 15) is 9.59 Å². The molecule has 0 atom stereocenters. The van der Waals surface area contributed by atoms with Gasteiger partial charge in [0.05, 0.1) is 6.54 Å². The second-order valence-corrected chi connectivity index (χ2v) is 5.67. The lowest BCUT2D eigenvalue weighted by molar-refractivity contribution is -0.122. The minimum absolute atomic E-state index is 0.0505. The lowest BCUT2D eigenvalue weighted by Crippen LogP contribution is -2.42. The van der Waals surface area contributed by atoms with E-state index in [1.54, 1.807) is 0 Å². The number of rotatable bonds is 7. The van der Waals surface area contributed by atoms with Gasteiger partial charge in [0.25, 0.3) is 0 Å². The number of amides is 2. The van der Waals surface area contributed by atoms with Crippen LogP contribution in [0.25, 0.3) is 0 Å². The van der Waals surface area contributed by atoms with Gasteiger partial charge >= 0.3 is 0 Å². The summed E-state index contributed by atoms with van der Waals surface area (Å²) >= 11 is 0. The van der Waals surface area contributed by atoms with Crippen LogP contribution in [0.3, 0.4) is 0 Å². The van der Waals surface area contributed by atoms with Gasteiger partial charge in [0, 0.05) is 25.0 Å². The van der Waals surface area contributed by atoms with Crippen LogP contribution in [0.4, 0.5) is 0 Å². The molecule has 0 radical (unpaired) electrons. The zero-order valence-electron chi connectivity index (χ0n) is 11.5. The fourth-order valence-electron chi connectivity index (χ4n) is 2.46. The second kappa shape index (κ2) is 7.48. The van der Waals surface area contributed by atoms with Gasteiger partial charge in [-0.25, -0.2) is 0 Å². The number of hydrogen-bond acceptors (Lipinski definition) is 3. The molecule has 0 aromatic rings. The van der Waals surface area contributed by atoms with Gasteiger partial charge in [-0.15, -0.1) is 0 Å². The maximum Gasteiger partial charge on any atom is 0.234 e. The Bertz CT molecular complexity index is 310. The van der Waals surface area contributed by atoms with Gasteiger partial charge in [-0.1, -0.05) is 19.3 Å².